The third kappa shape index (κ3) is 2.84. The Labute approximate surface area is 104 Å². The number of aromatic amines is 1. The van der Waals surface area contributed by atoms with Crippen LogP contribution in [-0.4, -0.2) is 30.1 Å². The van der Waals surface area contributed by atoms with Gasteiger partial charge in [0.15, 0.2) is 0 Å². The Hall–Kier alpha value is -1.93. The van der Waals surface area contributed by atoms with Crippen LogP contribution in [0, 0.1) is 0 Å². The van der Waals surface area contributed by atoms with E-state index in [-0.39, 0.29) is 17.3 Å². The minimum atomic E-state index is -3.61. The molecule has 0 aliphatic heterocycles. The molecule has 0 atom stereocenters. The number of anilines is 1. The van der Waals surface area contributed by atoms with Gasteiger partial charge >= 0.3 is 0 Å². The SMILES string of the molecule is Nc1[nH]ncc1S(=O)(=O)NCCc1cccnc1. The molecule has 0 aromatic carbocycles. The third-order valence-electron chi connectivity index (χ3n) is 2.35. The Morgan fingerprint density at radius 3 is 2.83 bits per heavy atom. The number of nitrogen functional groups attached to an aromatic ring is 1. The molecule has 18 heavy (non-hydrogen) atoms. The van der Waals surface area contributed by atoms with Gasteiger partial charge in [-0.25, -0.2) is 13.1 Å². The predicted molar refractivity (Wildman–Crippen MR) is 66.1 cm³/mol. The lowest BCUT2D eigenvalue weighted by Crippen LogP contribution is -2.26. The lowest BCUT2D eigenvalue weighted by atomic mass is 10.2. The van der Waals surface area contributed by atoms with Crippen molar-refractivity contribution in [3.8, 4) is 0 Å². The van der Waals surface area contributed by atoms with Gasteiger partial charge < -0.3 is 5.73 Å². The van der Waals surface area contributed by atoms with E-state index in [1.807, 2.05) is 6.07 Å². The number of rotatable bonds is 5. The Bertz CT molecular complexity index is 608. The summed E-state index contributed by atoms with van der Waals surface area (Å²) in [5.41, 5.74) is 6.42. The van der Waals surface area contributed by atoms with Crippen molar-refractivity contribution in [2.45, 2.75) is 11.3 Å². The molecule has 96 valence electrons. The van der Waals surface area contributed by atoms with Crippen molar-refractivity contribution in [3.63, 3.8) is 0 Å². The first kappa shape index (κ1) is 12.5. The number of hydrogen-bond acceptors (Lipinski definition) is 5. The summed E-state index contributed by atoms with van der Waals surface area (Å²) in [6.45, 7) is 0.276. The van der Waals surface area contributed by atoms with Crippen LogP contribution in [-0.2, 0) is 16.4 Å². The Morgan fingerprint density at radius 2 is 2.22 bits per heavy atom. The van der Waals surface area contributed by atoms with Crippen molar-refractivity contribution in [3.05, 3.63) is 36.3 Å². The fourth-order valence-electron chi connectivity index (χ4n) is 1.45. The van der Waals surface area contributed by atoms with Gasteiger partial charge in [0.2, 0.25) is 10.0 Å². The number of nitrogens with two attached hydrogens (primary N) is 1. The monoisotopic (exact) mass is 267 g/mol. The third-order valence-corrected chi connectivity index (χ3v) is 3.84. The van der Waals surface area contributed by atoms with Gasteiger partial charge in [-0.2, -0.15) is 5.10 Å². The quantitative estimate of drug-likeness (QED) is 0.700. The molecule has 0 saturated heterocycles. The lowest BCUT2D eigenvalue weighted by molar-refractivity contribution is 0.582. The molecule has 2 heterocycles. The molecule has 2 aromatic rings. The summed E-state index contributed by atoms with van der Waals surface area (Å²) in [5, 5.41) is 5.96. The van der Waals surface area contributed by atoms with Crippen LogP contribution in [0.25, 0.3) is 0 Å². The normalized spacial score (nSPS) is 11.6. The second-order valence-electron chi connectivity index (χ2n) is 3.66. The lowest BCUT2D eigenvalue weighted by Gasteiger charge is -2.05. The van der Waals surface area contributed by atoms with E-state index in [4.69, 9.17) is 5.73 Å². The molecule has 0 unspecified atom stereocenters. The molecule has 0 aliphatic rings. The molecule has 7 nitrogen and oxygen atoms in total. The second-order valence-corrected chi connectivity index (χ2v) is 5.39. The van der Waals surface area contributed by atoms with Crippen LogP contribution in [0.5, 0.6) is 0 Å². The van der Waals surface area contributed by atoms with E-state index in [0.717, 1.165) is 5.56 Å². The molecule has 0 saturated carbocycles. The summed E-state index contributed by atoms with van der Waals surface area (Å²) in [6, 6.07) is 3.69. The second kappa shape index (κ2) is 5.15. The highest BCUT2D eigenvalue weighted by atomic mass is 32.2. The zero-order chi connectivity index (χ0) is 13.0. The average Bonchev–Trinajstić information content (AvgIpc) is 2.77. The van der Waals surface area contributed by atoms with E-state index in [1.165, 1.54) is 6.20 Å². The van der Waals surface area contributed by atoms with Gasteiger partial charge in [0.25, 0.3) is 0 Å². The van der Waals surface area contributed by atoms with Crippen molar-refractivity contribution < 1.29 is 8.42 Å². The summed E-state index contributed by atoms with van der Waals surface area (Å²) in [4.78, 5) is 3.92. The number of hydrogen-bond donors (Lipinski definition) is 3. The van der Waals surface area contributed by atoms with E-state index in [1.54, 1.807) is 18.5 Å². The fraction of sp³-hybridized carbons (Fsp3) is 0.200. The summed E-state index contributed by atoms with van der Waals surface area (Å²) < 4.78 is 26.1. The van der Waals surface area contributed by atoms with E-state index >= 15 is 0 Å². The van der Waals surface area contributed by atoms with E-state index in [0.29, 0.717) is 6.42 Å². The molecule has 0 bridgehead atoms. The summed E-state index contributed by atoms with van der Waals surface area (Å²) in [7, 11) is -3.61. The zero-order valence-corrected chi connectivity index (χ0v) is 10.3. The maximum Gasteiger partial charge on any atom is 0.245 e. The van der Waals surface area contributed by atoms with Gasteiger partial charge in [-0.1, -0.05) is 6.07 Å². The van der Waals surface area contributed by atoms with Crippen LogP contribution in [0.3, 0.4) is 0 Å². The van der Waals surface area contributed by atoms with Gasteiger partial charge in [0.1, 0.15) is 10.7 Å². The van der Waals surface area contributed by atoms with E-state index < -0.39 is 10.0 Å². The molecule has 8 heteroatoms. The largest absolute Gasteiger partial charge is 0.383 e. The molecular weight excluding hydrogens is 254 g/mol. The number of nitrogens with zero attached hydrogens (tertiary/aromatic N) is 2. The number of H-pyrrole nitrogens is 1. The predicted octanol–water partition coefficient (Wildman–Crippen LogP) is -0.0921. The zero-order valence-electron chi connectivity index (χ0n) is 9.50. The van der Waals surface area contributed by atoms with Crippen molar-refractivity contribution in [1.29, 1.82) is 0 Å². The van der Waals surface area contributed by atoms with E-state index in [9.17, 15) is 8.42 Å². The standard InChI is InChI=1S/C10H13N5O2S/c11-10-9(7-13-15-10)18(16,17)14-5-3-8-2-1-4-12-6-8/h1-2,4,6-7,14H,3,5H2,(H3,11,13,15). The highest BCUT2D eigenvalue weighted by molar-refractivity contribution is 7.89. The van der Waals surface area contributed by atoms with Crippen LogP contribution in [0.4, 0.5) is 5.82 Å². The molecule has 0 aliphatic carbocycles. The molecule has 0 radical (unpaired) electrons. The van der Waals surface area contributed by atoms with Gasteiger partial charge in [-0.05, 0) is 18.1 Å². The molecule has 0 spiro atoms. The molecule has 2 rings (SSSR count). The number of nitrogens with one attached hydrogen (secondary N) is 2. The number of sulfonamides is 1. The highest BCUT2D eigenvalue weighted by Gasteiger charge is 2.18. The van der Waals surface area contributed by atoms with Gasteiger partial charge in [0.05, 0.1) is 6.20 Å². The summed E-state index contributed by atoms with van der Waals surface area (Å²) in [6.07, 6.45) is 5.10. The van der Waals surface area contributed by atoms with E-state index in [2.05, 4.69) is 19.9 Å². The highest BCUT2D eigenvalue weighted by Crippen LogP contribution is 2.13. The van der Waals surface area contributed by atoms with Gasteiger partial charge in [0, 0.05) is 18.9 Å². The summed E-state index contributed by atoms with van der Waals surface area (Å²) >= 11 is 0. The maximum atomic E-state index is 11.8. The van der Waals surface area contributed by atoms with Crippen molar-refractivity contribution in [2.75, 3.05) is 12.3 Å². The van der Waals surface area contributed by atoms with Gasteiger partial charge in [-0.3, -0.25) is 10.1 Å². The van der Waals surface area contributed by atoms with Crippen LogP contribution in [0.2, 0.25) is 0 Å². The number of aromatic nitrogens is 3. The fourth-order valence-corrected chi connectivity index (χ4v) is 2.51. The molecule has 4 N–H and O–H groups in total. The minimum Gasteiger partial charge on any atom is -0.383 e. The first-order valence-corrected chi connectivity index (χ1v) is 6.75. The Morgan fingerprint density at radius 1 is 1.39 bits per heavy atom. The van der Waals surface area contributed by atoms with Crippen LogP contribution >= 0.6 is 0 Å². The average molecular weight is 267 g/mol. The smallest absolute Gasteiger partial charge is 0.245 e. The molecule has 0 fully saturated rings. The first-order chi connectivity index (χ1) is 8.59. The summed E-state index contributed by atoms with van der Waals surface area (Å²) in [5.74, 6) is 0.0314. The van der Waals surface area contributed by atoms with Gasteiger partial charge in [-0.15, -0.1) is 0 Å². The molecule has 0 amide bonds. The maximum absolute atomic E-state index is 11.8. The number of pyridine rings is 1. The topological polar surface area (TPSA) is 114 Å². The Balaban J connectivity index is 1.97. The first-order valence-electron chi connectivity index (χ1n) is 5.27. The van der Waals surface area contributed by atoms with Crippen LogP contribution in [0.15, 0.2) is 35.6 Å². The molecule has 2 aromatic heterocycles. The van der Waals surface area contributed by atoms with Crippen molar-refractivity contribution in [2.24, 2.45) is 0 Å². The van der Waals surface area contributed by atoms with Crippen molar-refractivity contribution in [1.82, 2.24) is 19.9 Å². The van der Waals surface area contributed by atoms with Crippen molar-refractivity contribution >= 4 is 15.8 Å². The Kier molecular flexibility index (Phi) is 3.58. The minimum absolute atomic E-state index is 0.0314. The molecular formula is C10H13N5O2S. The van der Waals surface area contributed by atoms with Crippen LogP contribution < -0.4 is 10.5 Å². The van der Waals surface area contributed by atoms with Crippen LogP contribution in [0.1, 0.15) is 5.56 Å².